The molecule has 0 spiro atoms. The summed E-state index contributed by atoms with van der Waals surface area (Å²) in [6.45, 7) is 3.25. The Hall–Kier alpha value is -1.10. The van der Waals surface area contributed by atoms with E-state index in [9.17, 15) is 14.7 Å². The first kappa shape index (κ1) is 14.0. The van der Waals surface area contributed by atoms with Crippen molar-refractivity contribution in [1.29, 1.82) is 0 Å². The number of carboxylic acids is 1. The van der Waals surface area contributed by atoms with Gasteiger partial charge in [0.15, 0.2) is 0 Å². The lowest BCUT2D eigenvalue weighted by molar-refractivity contribution is -0.149. The summed E-state index contributed by atoms with van der Waals surface area (Å²) in [5.41, 5.74) is -1.86. The maximum Gasteiger partial charge on any atom is 0.309 e. The normalized spacial score (nSPS) is 19.0. The Morgan fingerprint density at radius 1 is 1.29 bits per heavy atom. The second kappa shape index (κ2) is 5.04. The average molecular weight is 243 g/mol. The monoisotopic (exact) mass is 243 g/mol. The molecule has 98 valence electrons. The highest BCUT2D eigenvalue weighted by Crippen LogP contribution is 2.28. The quantitative estimate of drug-likeness (QED) is 0.670. The molecule has 0 unspecified atom stereocenters. The number of nitrogens with one attached hydrogen (secondary N) is 1. The SMILES string of the molecule is CC(C)(CC(=O)NCC1(O)CCCC1)C(=O)O. The van der Waals surface area contributed by atoms with Crippen LogP contribution in [-0.2, 0) is 9.59 Å². The fourth-order valence-electron chi connectivity index (χ4n) is 2.01. The Bertz CT molecular complexity index is 306. The zero-order valence-electron chi connectivity index (χ0n) is 10.5. The molecule has 0 atom stereocenters. The van der Waals surface area contributed by atoms with Gasteiger partial charge < -0.3 is 15.5 Å². The molecule has 0 aliphatic heterocycles. The van der Waals surface area contributed by atoms with Crippen LogP contribution in [0.4, 0.5) is 0 Å². The van der Waals surface area contributed by atoms with Crippen LogP contribution in [0.25, 0.3) is 0 Å². The van der Waals surface area contributed by atoms with Gasteiger partial charge in [-0.05, 0) is 26.7 Å². The van der Waals surface area contributed by atoms with Gasteiger partial charge in [0.2, 0.25) is 5.91 Å². The Labute approximate surface area is 101 Å². The van der Waals surface area contributed by atoms with Crippen molar-refractivity contribution in [3.8, 4) is 0 Å². The number of amides is 1. The van der Waals surface area contributed by atoms with Crippen molar-refractivity contribution < 1.29 is 19.8 Å². The molecule has 5 heteroatoms. The van der Waals surface area contributed by atoms with Crippen LogP contribution >= 0.6 is 0 Å². The molecular formula is C12H21NO4. The van der Waals surface area contributed by atoms with Crippen LogP contribution in [0.5, 0.6) is 0 Å². The zero-order valence-corrected chi connectivity index (χ0v) is 10.5. The molecule has 1 aliphatic rings. The Balaban J connectivity index is 2.37. The van der Waals surface area contributed by atoms with Gasteiger partial charge in [0.25, 0.3) is 0 Å². The number of hydrogen-bond donors (Lipinski definition) is 3. The van der Waals surface area contributed by atoms with Gasteiger partial charge in [0.05, 0.1) is 11.0 Å². The van der Waals surface area contributed by atoms with Crippen molar-refractivity contribution in [2.45, 2.75) is 51.6 Å². The molecule has 3 N–H and O–H groups in total. The van der Waals surface area contributed by atoms with Gasteiger partial charge in [0.1, 0.15) is 0 Å². The van der Waals surface area contributed by atoms with E-state index >= 15 is 0 Å². The first-order valence-corrected chi connectivity index (χ1v) is 5.98. The molecule has 0 aromatic heterocycles. The lowest BCUT2D eigenvalue weighted by Gasteiger charge is -2.24. The molecule has 0 saturated heterocycles. The summed E-state index contributed by atoms with van der Waals surface area (Å²) in [7, 11) is 0. The van der Waals surface area contributed by atoms with E-state index in [0.29, 0.717) is 12.8 Å². The predicted octanol–water partition coefficient (Wildman–Crippen LogP) is 0.909. The van der Waals surface area contributed by atoms with Crippen LogP contribution in [-0.4, -0.2) is 34.2 Å². The number of rotatable bonds is 5. The fraction of sp³-hybridized carbons (Fsp3) is 0.833. The molecule has 1 amide bonds. The second-order valence-electron chi connectivity index (χ2n) is 5.57. The Kier molecular flexibility index (Phi) is 4.14. The van der Waals surface area contributed by atoms with Crippen LogP contribution in [0.2, 0.25) is 0 Å². The fourth-order valence-corrected chi connectivity index (χ4v) is 2.01. The summed E-state index contributed by atoms with van der Waals surface area (Å²) in [4.78, 5) is 22.4. The minimum absolute atomic E-state index is 0.0710. The standard InChI is InChI=1S/C12H21NO4/c1-11(2,10(15)16)7-9(14)13-8-12(17)5-3-4-6-12/h17H,3-8H2,1-2H3,(H,13,14)(H,15,16). The van der Waals surface area contributed by atoms with E-state index in [1.54, 1.807) is 0 Å². The van der Waals surface area contributed by atoms with Crippen molar-refractivity contribution in [3.63, 3.8) is 0 Å². The topological polar surface area (TPSA) is 86.6 Å². The van der Waals surface area contributed by atoms with Gasteiger partial charge >= 0.3 is 5.97 Å². The Morgan fingerprint density at radius 2 is 1.82 bits per heavy atom. The maximum absolute atomic E-state index is 11.6. The summed E-state index contributed by atoms with van der Waals surface area (Å²) in [5, 5.41) is 21.5. The third-order valence-corrected chi connectivity index (χ3v) is 3.33. The van der Waals surface area contributed by atoms with Crippen LogP contribution < -0.4 is 5.32 Å². The molecule has 1 rings (SSSR count). The minimum atomic E-state index is -1.07. The zero-order chi connectivity index (χ0) is 13.1. The molecule has 1 saturated carbocycles. The summed E-state index contributed by atoms with van der Waals surface area (Å²) in [6.07, 6.45) is 3.30. The van der Waals surface area contributed by atoms with E-state index in [2.05, 4.69) is 5.32 Å². The van der Waals surface area contributed by atoms with E-state index in [1.807, 2.05) is 0 Å². The van der Waals surface area contributed by atoms with Crippen molar-refractivity contribution >= 4 is 11.9 Å². The summed E-state index contributed by atoms with van der Waals surface area (Å²) in [6, 6.07) is 0. The van der Waals surface area contributed by atoms with Crippen molar-refractivity contribution in [2.75, 3.05) is 6.54 Å². The number of aliphatic carboxylic acids is 1. The highest BCUT2D eigenvalue weighted by molar-refractivity contribution is 5.84. The molecule has 1 fully saturated rings. The lowest BCUT2D eigenvalue weighted by Crippen LogP contribution is -2.42. The number of carboxylic acid groups (broad SMARTS) is 1. The molecule has 17 heavy (non-hydrogen) atoms. The number of aliphatic hydroxyl groups is 1. The largest absolute Gasteiger partial charge is 0.481 e. The molecule has 1 aliphatic carbocycles. The molecule has 5 nitrogen and oxygen atoms in total. The maximum atomic E-state index is 11.6. The van der Waals surface area contributed by atoms with E-state index in [0.717, 1.165) is 12.8 Å². The predicted molar refractivity (Wildman–Crippen MR) is 62.5 cm³/mol. The molecule has 0 bridgehead atoms. The highest BCUT2D eigenvalue weighted by atomic mass is 16.4. The van der Waals surface area contributed by atoms with Crippen LogP contribution in [0.3, 0.4) is 0 Å². The van der Waals surface area contributed by atoms with Crippen molar-refractivity contribution in [2.24, 2.45) is 5.41 Å². The van der Waals surface area contributed by atoms with Gasteiger partial charge in [0, 0.05) is 13.0 Å². The van der Waals surface area contributed by atoms with Gasteiger partial charge in [-0.2, -0.15) is 0 Å². The third kappa shape index (κ3) is 4.00. The van der Waals surface area contributed by atoms with Crippen molar-refractivity contribution in [3.05, 3.63) is 0 Å². The third-order valence-electron chi connectivity index (χ3n) is 3.33. The Morgan fingerprint density at radius 3 is 2.29 bits per heavy atom. The van der Waals surface area contributed by atoms with Crippen LogP contribution in [0, 0.1) is 5.41 Å². The molecule has 0 radical (unpaired) electrons. The summed E-state index contributed by atoms with van der Waals surface area (Å²) < 4.78 is 0. The second-order valence-corrected chi connectivity index (χ2v) is 5.57. The average Bonchev–Trinajstić information content (AvgIpc) is 2.62. The molecular weight excluding hydrogens is 222 g/mol. The van der Waals surface area contributed by atoms with Gasteiger partial charge in [-0.1, -0.05) is 12.8 Å². The van der Waals surface area contributed by atoms with Gasteiger partial charge in [-0.3, -0.25) is 9.59 Å². The van der Waals surface area contributed by atoms with Crippen LogP contribution in [0.1, 0.15) is 46.0 Å². The number of carbonyl (C=O) groups is 2. The first-order chi connectivity index (χ1) is 7.75. The van der Waals surface area contributed by atoms with E-state index in [4.69, 9.17) is 5.11 Å². The summed E-state index contributed by atoms with van der Waals surface area (Å²) >= 11 is 0. The number of carbonyl (C=O) groups excluding carboxylic acids is 1. The minimum Gasteiger partial charge on any atom is -0.481 e. The molecule has 0 aromatic carbocycles. The van der Waals surface area contributed by atoms with E-state index < -0.39 is 17.0 Å². The van der Waals surface area contributed by atoms with Gasteiger partial charge in [-0.15, -0.1) is 0 Å². The first-order valence-electron chi connectivity index (χ1n) is 5.98. The summed E-state index contributed by atoms with van der Waals surface area (Å²) in [5.74, 6) is -1.31. The van der Waals surface area contributed by atoms with Gasteiger partial charge in [-0.25, -0.2) is 0 Å². The van der Waals surface area contributed by atoms with E-state index in [-0.39, 0.29) is 18.9 Å². The van der Waals surface area contributed by atoms with Crippen LogP contribution in [0.15, 0.2) is 0 Å². The van der Waals surface area contributed by atoms with E-state index in [1.165, 1.54) is 13.8 Å². The number of hydrogen-bond acceptors (Lipinski definition) is 3. The lowest BCUT2D eigenvalue weighted by atomic mass is 9.89. The molecule has 0 heterocycles. The molecule has 0 aromatic rings. The van der Waals surface area contributed by atoms with Crippen molar-refractivity contribution in [1.82, 2.24) is 5.32 Å². The highest BCUT2D eigenvalue weighted by Gasteiger charge is 2.33. The smallest absolute Gasteiger partial charge is 0.309 e.